The number of amides is 1. The van der Waals surface area contributed by atoms with Crippen LogP contribution >= 0.6 is 11.3 Å². The van der Waals surface area contributed by atoms with Gasteiger partial charge < -0.3 is 14.9 Å². The van der Waals surface area contributed by atoms with Crippen molar-refractivity contribution in [1.29, 1.82) is 0 Å². The van der Waals surface area contributed by atoms with E-state index in [1.165, 1.54) is 18.4 Å². The number of ether oxygens (including phenoxy) is 1. The molecule has 5 nitrogen and oxygen atoms in total. The van der Waals surface area contributed by atoms with E-state index in [1.807, 2.05) is 36.6 Å². The Hall–Kier alpha value is -2.34. The van der Waals surface area contributed by atoms with E-state index >= 15 is 0 Å². The first-order valence-electron chi connectivity index (χ1n) is 6.32. The van der Waals surface area contributed by atoms with Crippen molar-refractivity contribution in [3.63, 3.8) is 0 Å². The molecule has 0 radical (unpaired) electrons. The Morgan fingerprint density at radius 3 is 2.67 bits per heavy atom. The average Bonchev–Trinajstić information content (AvgIpc) is 2.94. The molecule has 21 heavy (non-hydrogen) atoms. The Morgan fingerprint density at radius 1 is 1.24 bits per heavy atom. The molecule has 2 rings (SSSR count). The van der Waals surface area contributed by atoms with Crippen molar-refractivity contribution in [1.82, 2.24) is 5.32 Å². The highest BCUT2D eigenvalue weighted by molar-refractivity contribution is 7.13. The summed E-state index contributed by atoms with van der Waals surface area (Å²) in [4.78, 5) is 17.3. The van der Waals surface area contributed by atoms with Crippen molar-refractivity contribution >= 4 is 23.0 Å². The predicted octanol–water partition coefficient (Wildman–Crippen LogP) is 2.95. The first-order chi connectivity index (χ1) is 10.2. The Labute approximate surface area is 127 Å². The predicted molar refractivity (Wildman–Crippen MR) is 83.2 cm³/mol. The molecule has 0 saturated heterocycles. The fraction of sp³-hybridized carbons (Fsp3) is 0.200. The molecule has 6 heteroatoms. The number of nitrogens with one attached hydrogen (secondary N) is 1. The second-order valence-corrected chi connectivity index (χ2v) is 5.10. The number of hydrogen-bond donors (Lipinski definition) is 1. The molecular weight excluding hydrogens is 288 g/mol. The number of carbonyl (C=O) groups excluding carboxylic acids is 1. The molecule has 2 aromatic rings. The summed E-state index contributed by atoms with van der Waals surface area (Å²) in [5.74, 6) is 0.994. The number of hydrogen-bond acceptors (Lipinski definition) is 5. The number of likely N-dealkylation sites (N-methyl/N-ethyl adjacent to an activating group) is 1. The van der Waals surface area contributed by atoms with Crippen LogP contribution in [0.1, 0.15) is 10.4 Å². The van der Waals surface area contributed by atoms with E-state index in [2.05, 4.69) is 10.5 Å². The van der Waals surface area contributed by atoms with Gasteiger partial charge in [0.15, 0.2) is 5.71 Å². The van der Waals surface area contributed by atoms with E-state index in [0.717, 1.165) is 11.3 Å². The van der Waals surface area contributed by atoms with E-state index < -0.39 is 0 Å². The summed E-state index contributed by atoms with van der Waals surface area (Å²) in [6.45, 7) is 1.96. The van der Waals surface area contributed by atoms with Gasteiger partial charge in [-0.1, -0.05) is 23.4 Å². The highest BCUT2D eigenvalue weighted by Gasteiger charge is 2.20. The molecule has 0 unspecified atom stereocenters. The first-order valence-corrected chi connectivity index (χ1v) is 7.20. The molecular formula is C15H16N2O3S. The van der Waals surface area contributed by atoms with E-state index in [9.17, 15) is 4.79 Å². The maximum absolute atomic E-state index is 11.9. The van der Waals surface area contributed by atoms with E-state index in [1.54, 1.807) is 13.1 Å². The minimum atomic E-state index is -0.325. The molecule has 0 fully saturated rings. The Morgan fingerprint density at radius 2 is 2.00 bits per heavy atom. The molecule has 110 valence electrons. The van der Waals surface area contributed by atoms with Gasteiger partial charge in [0, 0.05) is 7.05 Å². The molecule has 0 spiro atoms. The topological polar surface area (TPSA) is 59.9 Å². The van der Waals surface area contributed by atoms with Gasteiger partial charge in [0.1, 0.15) is 23.5 Å². The van der Waals surface area contributed by atoms with E-state index in [4.69, 9.17) is 9.57 Å². The lowest BCUT2D eigenvalue weighted by atomic mass is 10.2. The van der Waals surface area contributed by atoms with Gasteiger partial charge in [-0.2, -0.15) is 0 Å². The van der Waals surface area contributed by atoms with Gasteiger partial charge in [0.25, 0.3) is 5.91 Å². The van der Waals surface area contributed by atoms with Gasteiger partial charge in [-0.15, -0.1) is 11.3 Å². The van der Waals surface area contributed by atoms with Gasteiger partial charge in [-0.3, -0.25) is 4.79 Å². The maximum Gasteiger partial charge on any atom is 0.274 e. The van der Waals surface area contributed by atoms with Crippen molar-refractivity contribution in [2.45, 2.75) is 6.92 Å². The molecule has 1 aromatic heterocycles. The summed E-state index contributed by atoms with van der Waals surface area (Å²) in [7, 11) is 2.95. The van der Waals surface area contributed by atoms with Crippen LogP contribution in [0.5, 0.6) is 11.5 Å². The number of oxime groups is 1. The first kappa shape index (κ1) is 15.1. The number of aryl methyl sites for hydroxylation is 1. The summed E-state index contributed by atoms with van der Waals surface area (Å²) in [5, 5.41) is 8.18. The molecule has 0 atom stereocenters. The fourth-order valence-electron chi connectivity index (χ4n) is 1.74. The van der Waals surface area contributed by atoms with Crippen LogP contribution < -0.4 is 10.1 Å². The number of rotatable bonds is 5. The van der Waals surface area contributed by atoms with Crippen LogP contribution in [-0.4, -0.2) is 25.8 Å². The van der Waals surface area contributed by atoms with Gasteiger partial charge in [0.05, 0.1) is 0 Å². The number of thiophene rings is 1. The SMILES string of the molecule is CNC(=O)/C(=N\OC)c1sccc1Oc1ccccc1C. The van der Waals surface area contributed by atoms with Crippen LogP contribution in [0.2, 0.25) is 0 Å². The standard InChI is InChI=1S/C15H16N2O3S/c1-10-6-4-5-7-11(10)20-12-8-9-21-14(12)13(17-19-3)15(18)16-2/h4-9H,1-3H3,(H,16,18)/b17-13-. The lowest BCUT2D eigenvalue weighted by molar-refractivity contribution is -0.114. The van der Waals surface area contributed by atoms with Gasteiger partial charge in [-0.25, -0.2) is 0 Å². The molecule has 1 N–H and O–H groups in total. The number of benzene rings is 1. The van der Waals surface area contributed by atoms with Crippen LogP contribution in [0.15, 0.2) is 40.9 Å². The monoisotopic (exact) mass is 304 g/mol. The zero-order chi connectivity index (χ0) is 15.2. The van der Waals surface area contributed by atoms with Gasteiger partial charge in [-0.05, 0) is 30.0 Å². The van der Waals surface area contributed by atoms with Crippen molar-refractivity contribution < 1.29 is 14.4 Å². The lowest BCUT2D eigenvalue weighted by Gasteiger charge is -2.09. The van der Waals surface area contributed by atoms with Crippen molar-refractivity contribution in [2.24, 2.45) is 5.16 Å². The summed E-state index contributed by atoms with van der Waals surface area (Å²) in [5.41, 5.74) is 1.21. The number of nitrogens with zero attached hydrogens (tertiary/aromatic N) is 1. The number of carbonyl (C=O) groups is 1. The third-order valence-electron chi connectivity index (χ3n) is 2.78. The summed E-state index contributed by atoms with van der Waals surface area (Å²) < 4.78 is 5.90. The third kappa shape index (κ3) is 3.41. The Balaban J connectivity index is 2.36. The summed E-state index contributed by atoms with van der Waals surface area (Å²) >= 11 is 1.37. The third-order valence-corrected chi connectivity index (χ3v) is 3.68. The smallest absolute Gasteiger partial charge is 0.274 e. The highest BCUT2D eigenvalue weighted by Crippen LogP contribution is 2.32. The molecule has 1 heterocycles. The second-order valence-electron chi connectivity index (χ2n) is 4.18. The van der Waals surface area contributed by atoms with Crippen molar-refractivity contribution in [3.05, 3.63) is 46.2 Å². The molecule has 0 aliphatic carbocycles. The summed E-state index contributed by atoms with van der Waals surface area (Å²) in [6.07, 6.45) is 0. The molecule has 0 saturated carbocycles. The Kier molecular flexibility index (Phi) is 4.94. The maximum atomic E-state index is 11.9. The average molecular weight is 304 g/mol. The normalized spacial score (nSPS) is 11.1. The van der Waals surface area contributed by atoms with Gasteiger partial charge >= 0.3 is 0 Å². The Bertz CT molecular complexity index is 664. The van der Waals surface area contributed by atoms with E-state index in [0.29, 0.717) is 10.6 Å². The van der Waals surface area contributed by atoms with E-state index in [-0.39, 0.29) is 11.6 Å². The molecule has 0 bridgehead atoms. The molecule has 0 aliphatic heterocycles. The minimum Gasteiger partial charge on any atom is -0.455 e. The van der Waals surface area contributed by atoms with Crippen LogP contribution in [0, 0.1) is 6.92 Å². The van der Waals surface area contributed by atoms with Crippen molar-refractivity contribution in [2.75, 3.05) is 14.2 Å². The summed E-state index contributed by atoms with van der Waals surface area (Å²) in [6, 6.07) is 9.49. The van der Waals surface area contributed by atoms with Crippen molar-refractivity contribution in [3.8, 4) is 11.5 Å². The zero-order valence-electron chi connectivity index (χ0n) is 12.0. The largest absolute Gasteiger partial charge is 0.455 e. The quantitative estimate of drug-likeness (QED) is 0.682. The second kappa shape index (κ2) is 6.90. The minimum absolute atomic E-state index is 0.193. The fourth-order valence-corrected chi connectivity index (χ4v) is 2.53. The molecule has 0 aliphatic rings. The van der Waals surface area contributed by atoms with Crippen LogP contribution in [-0.2, 0) is 9.63 Å². The number of para-hydroxylation sites is 1. The molecule has 1 amide bonds. The highest BCUT2D eigenvalue weighted by atomic mass is 32.1. The van der Waals surface area contributed by atoms with Crippen LogP contribution in [0.3, 0.4) is 0 Å². The molecule has 1 aromatic carbocycles. The zero-order valence-corrected chi connectivity index (χ0v) is 12.9. The van der Waals surface area contributed by atoms with Gasteiger partial charge in [0.2, 0.25) is 0 Å². The lowest BCUT2D eigenvalue weighted by Crippen LogP contribution is -2.28. The van der Waals surface area contributed by atoms with Crippen LogP contribution in [0.4, 0.5) is 0 Å². The van der Waals surface area contributed by atoms with Crippen LogP contribution in [0.25, 0.3) is 0 Å².